The van der Waals surface area contributed by atoms with Crippen LogP contribution in [0, 0.1) is 0 Å². The maximum absolute atomic E-state index is 12.4. The van der Waals surface area contributed by atoms with E-state index in [9.17, 15) is 4.79 Å². The van der Waals surface area contributed by atoms with Gasteiger partial charge < -0.3 is 9.47 Å². The van der Waals surface area contributed by atoms with Crippen molar-refractivity contribution in [2.24, 2.45) is 5.10 Å². The van der Waals surface area contributed by atoms with Gasteiger partial charge in [0.2, 0.25) is 0 Å². The Morgan fingerprint density at radius 3 is 2.32 bits per heavy atom. The van der Waals surface area contributed by atoms with Gasteiger partial charge in [-0.3, -0.25) is 9.78 Å². The van der Waals surface area contributed by atoms with Crippen LogP contribution in [0.1, 0.15) is 16.1 Å². The molecule has 0 unspecified atom stereocenters. The Hall–Kier alpha value is -3.38. The largest absolute Gasteiger partial charge is 0.497 e. The number of pyridine rings is 1. The molecule has 1 N–H and O–H groups in total. The van der Waals surface area contributed by atoms with Crippen LogP contribution in [-0.2, 0) is 0 Å². The normalized spacial score (nSPS) is 10.7. The highest BCUT2D eigenvalue weighted by atomic mass is 35.5. The van der Waals surface area contributed by atoms with Crippen LogP contribution in [0.25, 0.3) is 11.1 Å². The topological polar surface area (TPSA) is 72.8 Å². The number of hydrogen-bond donors (Lipinski definition) is 1. The van der Waals surface area contributed by atoms with Crippen LogP contribution in [0.4, 0.5) is 0 Å². The SMILES string of the molecule is COc1cc(C=NNC(=O)c2cc(-c3ccc(Cl)cc3)ccn2)cc(OC)c1. The Morgan fingerprint density at radius 2 is 1.68 bits per heavy atom. The Labute approximate surface area is 167 Å². The van der Waals surface area contributed by atoms with Crippen LogP contribution in [0.15, 0.2) is 65.9 Å². The Kier molecular flexibility index (Phi) is 6.24. The highest BCUT2D eigenvalue weighted by molar-refractivity contribution is 6.30. The standard InChI is InChI=1S/C21H18ClN3O3/c1-27-18-9-14(10-19(12-18)28-2)13-24-25-21(26)20-11-16(7-8-23-20)15-3-5-17(22)6-4-15/h3-13H,1-2H3,(H,25,26). The molecular formula is C21H18ClN3O3. The summed E-state index contributed by atoms with van der Waals surface area (Å²) in [5.74, 6) is 0.843. The van der Waals surface area contributed by atoms with E-state index in [4.69, 9.17) is 21.1 Å². The molecule has 0 aliphatic heterocycles. The van der Waals surface area contributed by atoms with Crippen LogP contribution < -0.4 is 14.9 Å². The van der Waals surface area contributed by atoms with E-state index in [-0.39, 0.29) is 5.69 Å². The highest BCUT2D eigenvalue weighted by Crippen LogP contribution is 2.22. The summed E-state index contributed by atoms with van der Waals surface area (Å²) < 4.78 is 10.4. The summed E-state index contributed by atoms with van der Waals surface area (Å²) in [5, 5.41) is 4.64. The Bertz CT molecular complexity index is 982. The third kappa shape index (κ3) is 4.86. The van der Waals surface area contributed by atoms with E-state index >= 15 is 0 Å². The predicted molar refractivity (Wildman–Crippen MR) is 109 cm³/mol. The molecule has 28 heavy (non-hydrogen) atoms. The van der Waals surface area contributed by atoms with Crippen molar-refractivity contribution in [2.75, 3.05) is 14.2 Å². The van der Waals surface area contributed by atoms with Gasteiger partial charge in [-0.25, -0.2) is 5.43 Å². The summed E-state index contributed by atoms with van der Waals surface area (Å²) >= 11 is 5.92. The number of methoxy groups -OCH3 is 2. The van der Waals surface area contributed by atoms with Gasteiger partial charge in [0.25, 0.3) is 5.91 Å². The molecule has 0 fully saturated rings. The maximum atomic E-state index is 12.4. The zero-order valence-corrected chi connectivity index (χ0v) is 16.1. The van der Waals surface area contributed by atoms with Crippen LogP contribution in [0.3, 0.4) is 0 Å². The first-order valence-corrected chi connectivity index (χ1v) is 8.75. The van der Waals surface area contributed by atoms with Gasteiger partial charge in [-0.1, -0.05) is 23.7 Å². The molecule has 3 rings (SSSR count). The zero-order valence-electron chi connectivity index (χ0n) is 15.3. The molecule has 0 aliphatic carbocycles. The summed E-state index contributed by atoms with van der Waals surface area (Å²) in [6.45, 7) is 0. The van der Waals surface area contributed by atoms with E-state index in [1.165, 1.54) is 6.21 Å². The van der Waals surface area contributed by atoms with Gasteiger partial charge in [0.1, 0.15) is 17.2 Å². The number of hydrazone groups is 1. The number of benzene rings is 2. The fourth-order valence-electron chi connectivity index (χ4n) is 2.50. The van der Waals surface area contributed by atoms with Crippen molar-refractivity contribution >= 4 is 23.7 Å². The number of carbonyl (C=O) groups excluding carboxylic acids is 1. The van der Waals surface area contributed by atoms with E-state index in [1.807, 2.05) is 18.2 Å². The van der Waals surface area contributed by atoms with Crippen LogP contribution >= 0.6 is 11.6 Å². The lowest BCUT2D eigenvalue weighted by atomic mass is 10.1. The molecule has 0 aliphatic rings. The predicted octanol–water partition coefficient (Wildman–Crippen LogP) is 4.18. The fourth-order valence-corrected chi connectivity index (χ4v) is 2.63. The third-order valence-electron chi connectivity index (χ3n) is 3.92. The molecule has 3 aromatic rings. The van der Waals surface area contributed by atoms with Crippen LogP contribution in [0.2, 0.25) is 5.02 Å². The molecule has 0 atom stereocenters. The number of ether oxygens (including phenoxy) is 2. The number of carbonyl (C=O) groups is 1. The minimum atomic E-state index is -0.415. The summed E-state index contributed by atoms with van der Waals surface area (Å²) in [7, 11) is 3.13. The number of amides is 1. The number of nitrogens with zero attached hydrogens (tertiary/aromatic N) is 2. The zero-order chi connectivity index (χ0) is 19.9. The van der Waals surface area contributed by atoms with Crippen molar-refractivity contribution in [1.29, 1.82) is 0 Å². The first kappa shape index (κ1) is 19.4. The van der Waals surface area contributed by atoms with Gasteiger partial charge in [0.05, 0.1) is 20.4 Å². The summed E-state index contributed by atoms with van der Waals surface area (Å²) in [4.78, 5) is 16.5. The van der Waals surface area contributed by atoms with Crippen molar-refractivity contribution in [3.05, 3.63) is 77.1 Å². The van der Waals surface area contributed by atoms with Crippen molar-refractivity contribution < 1.29 is 14.3 Å². The van der Waals surface area contributed by atoms with E-state index < -0.39 is 5.91 Å². The second-order valence-electron chi connectivity index (χ2n) is 5.78. The summed E-state index contributed by atoms with van der Waals surface area (Å²) in [5.41, 5.74) is 5.25. The smallest absolute Gasteiger partial charge is 0.289 e. The molecule has 2 aromatic carbocycles. The lowest BCUT2D eigenvalue weighted by molar-refractivity contribution is 0.0950. The van der Waals surface area contributed by atoms with E-state index in [0.717, 1.165) is 16.7 Å². The lowest BCUT2D eigenvalue weighted by Crippen LogP contribution is -2.19. The molecular weight excluding hydrogens is 378 g/mol. The van der Waals surface area contributed by atoms with Crippen molar-refractivity contribution in [1.82, 2.24) is 10.4 Å². The van der Waals surface area contributed by atoms with E-state index in [0.29, 0.717) is 16.5 Å². The van der Waals surface area contributed by atoms with Crippen LogP contribution in [-0.4, -0.2) is 31.3 Å². The molecule has 1 amide bonds. The molecule has 0 saturated carbocycles. The average molecular weight is 396 g/mol. The molecule has 6 nitrogen and oxygen atoms in total. The molecule has 1 aromatic heterocycles. The van der Waals surface area contributed by atoms with Crippen molar-refractivity contribution in [3.63, 3.8) is 0 Å². The monoisotopic (exact) mass is 395 g/mol. The maximum Gasteiger partial charge on any atom is 0.289 e. The molecule has 0 bridgehead atoms. The van der Waals surface area contributed by atoms with Gasteiger partial charge in [0, 0.05) is 22.8 Å². The number of nitrogens with one attached hydrogen (secondary N) is 1. The average Bonchev–Trinajstić information content (AvgIpc) is 2.74. The Morgan fingerprint density at radius 1 is 1.00 bits per heavy atom. The summed E-state index contributed by atoms with van der Waals surface area (Å²) in [6.07, 6.45) is 3.08. The number of hydrogen-bond acceptors (Lipinski definition) is 5. The Balaban J connectivity index is 1.72. The number of halogens is 1. The van der Waals surface area contributed by atoms with Gasteiger partial charge in [-0.2, -0.15) is 5.10 Å². The fraction of sp³-hybridized carbons (Fsp3) is 0.0952. The quantitative estimate of drug-likeness (QED) is 0.502. The molecule has 1 heterocycles. The van der Waals surface area contributed by atoms with Crippen molar-refractivity contribution in [2.45, 2.75) is 0 Å². The second kappa shape index (κ2) is 9.01. The van der Waals surface area contributed by atoms with Gasteiger partial charge in [-0.05, 0) is 47.5 Å². The summed E-state index contributed by atoms with van der Waals surface area (Å²) in [6, 6.07) is 16.2. The van der Waals surface area contributed by atoms with Crippen molar-refractivity contribution in [3.8, 4) is 22.6 Å². The molecule has 0 spiro atoms. The van der Waals surface area contributed by atoms with E-state index in [2.05, 4.69) is 15.5 Å². The van der Waals surface area contributed by atoms with Gasteiger partial charge in [-0.15, -0.1) is 0 Å². The third-order valence-corrected chi connectivity index (χ3v) is 4.18. The highest BCUT2D eigenvalue weighted by Gasteiger charge is 2.08. The first-order chi connectivity index (χ1) is 13.6. The van der Waals surface area contributed by atoms with Crippen LogP contribution in [0.5, 0.6) is 11.5 Å². The second-order valence-corrected chi connectivity index (χ2v) is 6.22. The number of rotatable bonds is 6. The molecule has 0 saturated heterocycles. The first-order valence-electron chi connectivity index (χ1n) is 8.37. The molecule has 142 valence electrons. The molecule has 0 radical (unpaired) electrons. The van der Waals surface area contributed by atoms with Gasteiger partial charge >= 0.3 is 0 Å². The van der Waals surface area contributed by atoms with E-state index in [1.54, 1.807) is 56.8 Å². The minimum absolute atomic E-state index is 0.257. The lowest BCUT2D eigenvalue weighted by Gasteiger charge is -2.06. The number of aromatic nitrogens is 1. The van der Waals surface area contributed by atoms with Gasteiger partial charge in [0.15, 0.2) is 0 Å². The molecule has 7 heteroatoms. The minimum Gasteiger partial charge on any atom is -0.497 e.